The zero-order valence-electron chi connectivity index (χ0n) is 11.8. The Labute approximate surface area is 119 Å². The Bertz CT molecular complexity index is 539. The summed E-state index contributed by atoms with van der Waals surface area (Å²) < 4.78 is 0. The maximum atomic E-state index is 6.03. The van der Waals surface area contributed by atoms with Crippen LogP contribution < -0.4 is 5.73 Å². The average Bonchev–Trinajstić information content (AvgIpc) is 2.67. The van der Waals surface area contributed by atoms with E-state index in [0.29, 0.717) is 5.82 Å². The predicted molar refractivity (Wildman–Crippen MR) is 81.1 cm³/mol. The Hall–Kier alpha value is -1.84. The molecule has 3 rings (SSSR count). The largest absolute Gasteiger partial charge is 0.382 e. The van der Waals surface area contributed by atoms with Gasteiger partial charge in [-0.05, 0) is 24.5 Å². The van der Waals surface area contributed by atoms with Gasteiger partial charge in [-0.25, -0.2) is 0 Å². The van der Waals surface area contributed by atoms with Crippen LogP contribution in [0.1, 0.15) is 44.2 Å². The molecule has 2 aromatic rings. The quantitative estimate of drug-likeness (QED) is 0.838. The molecule has 2 heterocycles. The number of nitrogens with zero attached hydrogens (tertiary/aromatic N) is 2. The zero-order valence-corrected chi connectivity index (χ0v) is 11.8. The van der Waals surface area contributed by atoms with Gasteiger partial charge in [0.1, 0.15) is 0 Å². The van der Waals surface area contributed by atoms with Gasteiger partial charge in [-0.3, -0.25) is 10.1 Å². The van der Waals surface area contributed by atoms with Crippen LogP contribution in [0.3, 0.4) is 0 Å². The molecule has 1 aliphatic rings. The van der Waals surface area contributed by atoms with Crippen molar-refractivity contribution in [1.82, 2.24) is 15.2 Å². The summed E-state index contributed by atoms with van der Waals surface area (Å²) in [5.74, 6) is 1.31. The molecule has 1 fully saturated rings. The van der Waals surface area contributed by atoms with Crippen molar-refractivity contribution in [1.29, 1.82) is 0 Å². The molecule has 4 nitrogen and oxygen atoms in total. The van der Waals surface area contributed by atoms with E-state index in [4.69, 9.17) is 5.73 Å². The third-order valence-corrected chi connectivity index (χ3v) is 4.26. The van der Waals surface area contributed by atoms with Gasteiger partial charge in [0.05, 0.1) is 11.3 Å². The Morgan fingerprint density at radius 2 is 1.95 bits per heavy atom. The van der Waals surface area contributed by atoms with Crippen LogP contribution in [0.4, 0.5) is 5.82 Å². The molecule has 0 radical (unpaired) electrons. The van der Waals surface area contributed by atoms with Gasteiger partial charge in [0, 0.05) is 11.9 Å². The van der Waals surface area contributed by atoms with Gasteiger partial charge in [-0.2, -0.15) is 5.10 Å². The number of hydrogen-bond donors (Lipinski definition) is 2. The van der Waals surface area contributed by atoms with Crippen molar-refractivity contribution < 1.29 is 0 Å². The van der Waals surface area contributed by atoms with Gasteiger partial charge >= 0.3 is 0 Å². The minimum absolute atomic E-state index is 0.562. The van der Waals surface area contributed by atoms with Crippen molar-refractivity contribution in [2.45, 2.75) is 44.9 Å². The summed E-state index contributed by atoms with van der Waals surface area (Å²) in [4.78, 5) is 4.41. The molecule has 0 spiro atoms. The molecular weight excluding hydrogens is 248 g/mol. The van der Waals surface area contributed by atoms with Crippen LogP contribution in [0.25, 0.3) is 11.3 Å². The first-order chi connectivity index (χ1) is 9.84. The van der Waals surface area contributed by atoms with Crippen molar-refractivity contribution in [3.8, 4) is 11.3 Å². The molecule has 3 N–H and O–H groups in total. The van der Waals surface area contributed by atoms with Crippen LogP contribution in [0.2, 0.25) is 0 Å². The topological polar surface area (TPSA) is 67.6 Å². The van der Waals surface area contributed by atoms with Gasteiger partial charge in [-0.15, -0.1) is 0 Å². The van der Waals surface area contributed by atoms with Gasteiger partial charge < -0.3 is 5.73 Å². The van der Waals surface area contributed by atoms with E-state index >= 15 is 0 Å². The molecule has 0 atom stereocenters. The Morgan fingerprint density at radius 3 is 2.65 bits per heavy atom. The smallest absolute Gasteiger partial charge is 0.154 e. The molecular formula is C16H22N4. The molecule has 2 aromatic heterocycles. The number of anilines is 1. The Kier molecular flexibility index (Phi) is 4.00. The number of hydrogen-bond acceptors (Lipinski definition) is 3. The SMILES string of the molecule is Nc1n[nH]c(CC2CCCCCC2)c1-c1ccccn1. The molecule has 106 valence electrons. The summed E-state index contributed by atoms with van der Waals surface area (Å²) in [6.07, 6.45) is 11.0. The average molecular weight is 270 g/mol. The number of nitrogen functional groups attached to an aromatic ring is 1. The fourth-order valence-corrected chi connectivity index (χ4v) is 3.19. The Morgan fingerprint density at radius 1 is 1.15 bits per heavy atom. The van der Waals surface area contributed by atoms with E-state index in [0.717, 1.165) is 29.3 Å². The second kappa shape index (κ2) is 6.07. The molecule has 1 aliphatic carbocycles. The standard InChI is InChI=1S/C16H22N4/c17-16-15(13-9-5-6-10-18-13)14(19-20-16)11-12-7-3-1-2-4-8-12/h5-6,9-10,12H,1-4,7-8,11H2,(H3,17,19,20). The molecule has 0 bridgehead atoms. The maximum Gasteiger partial charge on any atom is 0.154 e. The second-order valence-electron chi connectivity index (χ2n) is 5.74. The zero-order chi connectivity index (χ0) is 13.8. The monoisotopic (exact) mass is 270 g/mol. The van der Waals surface area contributed by atoms with Gasteiger partial charge in [0.2, 0.25) is 0 Å². The Balaban J connectivity index is 1.83. The normalized spacial score (nSPS) is 17.0. The highest BCUT2D eigenvalue weighted by Crippen LogP contribution is 2.31. The first-order valence-corrected chi connectivity index (χ1v) is 7.58. The number of nitrogens with two attached hydrogens (primary N) is 1. The van der Waals surface area contributed by atoms with E-state index in [2.05, 4.69) is 15.2 Å². The van der Waals surface area contributed by atoms with Gasteiger partial charge in [0.25, 0.3) is 0 Å². The fraction of sp³-hybridized carbons (Fsp3) is 0.500. The number of pyridine rings is 1. The first kappa shape index (κ1) is 13.2. The summed E-state index contributed by atoms with van der Waals surface area (Å²) >= 11 is 0. The van der Waals surface area contributed by atoms with Crippen LogP contribution in [0.15, 0.2) is 24.4 Å². The predicted octanol–water partition coefficient (Wildman–Crippen LogP) is 3.57. The minimum atomic E-state index is 0.562. The highest BCUT2D eigenvalue weighted by atomic mass is 15.2. The van der Waals surface area contributed by atoms with E-state index in [9.17, 15) is 0 Å². The van der Waals surface area contributed by atoms with Crippen molar-refractivity contribution >= 4 is 5.82 Å². The van der Waals surface area contributed by atoms with E-state index in [1.54, 1.807) is 6.20 Å². The van der Waals surface area contributed by atoms with Crippen molar-refractivity contribution in [3.05, 3.63) is 30.1 Å². The maximum absolute atomic E-state index is 6.03. The van der Waals surface area contributed by atoms with Crippen molar-refractivity contribution in [2.75, 3.05) is 5.73 Å². The lowest BCUT2D eigenvalue weighted by Gasteiger charge is -2.13. The number of nitrogens with one attached hydrogen (secondary N) is 1. The summed E-state index contributed by atoms with van der Waals surface area (Å²) in [6, 6.07) is 5.91. The third-order valence-electron chi connectivity index (χ3n) is 4.26. The van der Waals surface area contributed by atoms with E-state index in [-0.39, 0.29) is 0 Å². The van der Waals surface area contributed by atoms with E-state index in [1.807, 2.05) is 18.2 Å². The minimum Gasteiger partial charge on any atom is -0.382 e. The number of aromatic amines is 1. The van der Waals surface area contributed by atoms with Crippen LogP contribution >= 0.6 is 0 Å². The van der Waals surface area contributed by atoms with E-state index < -0.39 is 0 Å². The highest BCUT2D eigenvalue weighted by Gasteiger charge is 2.19. The number of rotatable bonds is 3. The number of aromatic nitrogens is 3. The summed E-state index contributed by atoms with van der Waals surface area (Å²) in [7, 11) is 0. The molecule has 0 saturated heterocycles. The number of H-pyrrole nitrogens is 1. The summed E-state index contributed by atoms with van der Waals surface area (Å²) in [5.41, 5.74) is 9.09. The lowest BCUT2D eigenvalue weighted by atomic mass is 9.93. The molecule has 1 saturated carbocycles. The van der Waals surface area contributed by atoms with Gasteiger partial charge in [-0.1, -0.05) is 44.6 Å². The summed E-state index contributed by atoms with van der Waals surface area (Å²) in [5, 5.41) is 7.32. The summed E-state index contributed by atoms with van der Waals surface area (Å²) in [6.45, 7) is 0. The van der Waals surface area contributed by atoms with Crippen LogP contribution in [-0.4, -0.2) is 15.2 Å². The molecule has 20 heavy (non-hydrogen) atoms. The van der Waals surface area contributed by atoms with Gasteiger partial charge in [0.15, 0.2) is 5.82 Å². The van der Waals surface area contributed by atoms with Crippen molar-refractivity contribution in [2.24, 2.45) is 5.92 Å². The first-order valence-electron chi connectivity index (χ1n) is 7.58. The lowest BCUT2D eigenvalue weighted by Crippen LogP contribution is -2.05. The lowest BCUT2D eigenvalue weighted by molar-refractivity contribution is 0.453. The van der Waals surface area contributed by atoms with Crippen LogP contribution in [0.5, 0.6) is 0 Å². The molecule has 0 aromatic carbocycles. The van der Waals surface area contributed by atoms with Crippen molar-refractivity contribution in [3.63, 3.8) is 0 Å². The van der Waals surface area contributed by atoms with Crippen LogP contribution in [0, 0.1) is 5.92 Å². The molecule has 0 aliphatic heterocycles. The molecule has 0 amide bonds. The van der Waals surface area contributed by atoms with E-state index in [1.165, 1.54) is 38.5 Å². The highest BCUT2D eigenvalue weighted by molar-refractivity contribution is 5.73. The molecule has 4 heteroatoms. The molecule has 0 unspecified atom stereocenters. The third kappa shape index (κ3) is 2.84. The van der Waals surface area contributed by atoms with Crippen LogP contribution in [-0.2, 0) is 6.42 Å². The second-order valence-corrected chi connectivity index (χ2v) is 5.74. The fourth-order valence-electron chi connectivity index (χ4n) is 3.19.